The molecular formula is C25H27N3O7. The number of hydrogen-bond donors (Lipinski definition) is 1. The van der Waals surface area contributed by atoms with Crippen LogP contribution in [0.4, 0.5) is 5.69 Å². The number of nitrogens with zero attached hydrogens (tertiary/aromatic N) is 3. The molecule has 0 bridgehead atoms. The molecule has 10 nitrogen and oxygen atoms in total. The second-order valence-corrected chi connectivity index (χ2v) is 8.48. The molecule has 2 aromatic rings. The molecule has 35 heavy (non-hydrogen) atoms. The molecule has 2 fully saturated rings. The number of nitro groups is 1. The topological polar surface area (TPSA) is 122 Å². The number of benzene rings is 2. The van der Waals surface area contributed by atoms with Gasteiger partial charge in [-0.1, -0.05) is 12.1 Å². The zero-order valence-corrected chi connectivity index (χ0v) is 19.6. The SMILES string of the molecule is COc1ccc(C(O)=C2C(=O)C(=O)N(CCN3CCOCC3)[C@H]2c2cccc([N+](=O)[O-])c2)c(C)c1. The highest BCUT2D eigenvalue weighted by molar-refractivity contribution is 6.46. The average molecular weight is 482 g/mol. The van der Waals surface area contributed by atoms with Crippen LogP contribution in [0.1, 0.15) is 22.7 Å². The lowest BCUT2D eigenvalue weighted by Gasteiger charge is -2.31. The van der Waals surface area contributed by atoms with Crippen molar-refractivity contribution in [3.05, 3.63) is 74.8 Å². The Bertz CT molecular complexity index is 1190. The molecule has 2 heterocycles. The Morgan fingerprint density at radius 1 is 1.17 bits per heavy atom. The summed E-state index contributed by atoms with van der Waals surface area (Å²) < 4.78 is 10.6. The first-order valence-electron chi connectivity index (χ1n) is 11.3. The first kappa shape index (κ1) is 24.4. The van der Waals surface area contributed by atoms with E-state index in [1.165, 1.54) is 30.2 Å². The number of aliphatic hydroxyl groups is 1. The molecule has 1 N–H and O–H groups in total. The van der Waals surface area contributed by atoms with Crippen LogP contribution in [0.5, 0.6) is 5.75 Å². The predicted octanol–water partition coefficient (Wildman–Crippen LogP) is 2.67. The second-order valence-electron chi connectivity index (χ2n) is 8.48. The lowest BCUT2D eigenvalue weighted by atomic mass is 9.93. The van der Waals surface area contributed by atoms with Gasteiger partial charge in [-0.05, 0) is 36.2 Å². The number of morpholine rings is 1. The van der Waals surface area contributed by atoms with E-state index in [2.05, 4.69) is 4.90 Å². The summed E-state index contributed by atoms with van der Waals surface area (Å²) in [7, 11) is 1.52. The number of rotatable bonds is 7. The van der Waals surface area contributed by atoms with E-state index in [1.807, 2.05) is 0 Å². The van der Waals surface area contributed by atoms with E-state index in [1.54, 1.807) is 31.2 Å². The fourth-order valence-corrected chi connectivity index (χ4v) is 4.51. The standard InChI is InChI=1S/C25H27N3O7/c1-16-14-19(34-2)6-7-20(16)23(29)21-22(17-4-3-5-18(15-17)28(32)33)27(25(31)24(21)30)9-8-26-10-12-35-13-11-26/h3-7,14-15,22,29H,8-13H2,1-2H3/t22-/m0/s1. The summed E-state index contributed by atoms with van der Waals surface area (Å²) in [4.78, 5) is 40.8. The fraction of sp³-hybridized carbons (Fsp3) is 0.360. The molecule has 10 heteroatoms. The van der Waals surface area contributed by atoms with Crippen LogP contribution >= 0.6 is 0 Å². The quantitative estimate of drug-likeness (QED) is 0.211. The largest absolute Gasteiger partial charge is 0.507 e. The Morgan fingerprint density at radius 3 is 2.57 bits per heavy atom. The molecule has 0 radical (unpaired) electrons. The van der Waals surface area contributed by atoms with E-state index < -0.39 is 22.7 Å². The molecule has 0 saturated carbocycles. The fourth-order valence-electron chi connectivity index (χ4n) is 4.51. The Balaban J connectivity index is 1.79. The molecule has 184 valence electrons. The van der Waals surface area contributed by atoms with Gasteiger partial charge in [0.1, 0.15) is 11.5 Å². The van der Waals surface area contributed by atoms with Crippen LogP contribution in [-0.2, 0) is 14.3 Å². The highest BCUT2D eigenvalue weighted by Gasteiger charge is 2.46. The van der Waals surface area contributed by atoms with Gasteiger partial charge in [0.15, 0.2) is 0 Å². The Morgan fingerprint density at radius 2 is 1.91 bits per heavy atom. The Kier molecular flexibility index (Phi) is 7.13. The maximum atomic E-state index is 13.2. The van der Waals surface area contributed by atoms with Crippen LogP contribution in [0.15, 0.2) is 48.0 Å². The van der Waals surface area contributed by atoms with E-state index >= 15 is 0 Å². The third-order valence-electron chi connectivity index (χ3n) is 6.39. The van der Waals surface area contributed by atoms with E-state index in [0.717, 1.165) is 0 Å². The van der Waals surface area contributed by atoms with Gasteiger partial charge in [-0.15, -0.1) is 0 Å². The minimum absolute atomic E-state index is 0.0919. The number of methoxy groups -OCH3 is 1. The minimum atomic E-state index is -0.961. The van der Waals surface area contributed by atoms with Gasteiger partial charge in [-0.2, -0.15) is 0 Å². The van der Waals surface area contributed by atoms with Crippen molar-refractivity contribution in [3.63, 3.8) is 0 Å². The number of hydrogen-bond acceptors (Lipinski definition) is 8. The number of likely N-dealkylation sites (tertiary alicyclic amines) is 1. The summed E-state index contributed by atoms with van der Waals surface area (Å²) in [5.74, 6) is -1.31. The Hall–Kier alpha value is -3.76. The third kappa shape index (κ3) is 4.89. The van der Waals surface area contributed by atoms with Gasteiger partial charge in [-0.3, -0.25) is 24.6 Å². The zero-order chi connectivity index (χ0) is 25.1. The van der Waals surface area contributed by atoms with Crippen molar-refractivity contribution in [1.82, 2.24) is 9.80 Å². The van der Waals surface area contributed by atoms with Gasteiger partial charge in [-0.25, -0.2) is 0 Å². The molecule has 2 saturated heterocycles. The highest BCUT2D eigenvalue weighted by Crippen LogP contribution is 2.40. The van der Waals surface area contributed by atoms with Gasteiger partial charge in [0.2, 0.25) is 0 Å². The normalized spacial score (nSPS) is 20.3. The molecule has 1 amide bonds. The molecule has 0 spiro atoms. The molecule has 1 atom stereocenters. The van der Waals surface area contributed by atoms with Gasteiger partial charge >= 0.3 is 0 Å². The number of ketones is 1. The highest BCUT2D eigenvalue weighted by atomic mass is 16.6. The van der Waals surface area contributed by atoms with Crippen molar-refractivity contribution in [2.24, 2.45) is 0 Å². The lowest BCUT2D eigenvalue weighted by Crippen LogP contribution is -2.42. The number of aliphatic hydroxyl groups excluding tert-OH is 1. The van der Waals surface area contributed by atoms with Crippen molar-refractivity contribution in [3.8, 4) is 5.75 Å². The van der Waals surface area contributed by atoms with Crippen molar-refractivity contribution in [2.45, 2.75) is 13.0 Å². The van der Waals surface area contributed by atoms with Crippen LogP contribution in [0, 0.1) is 17.0 Å². The predicted molar refractivity (Wildman–Crippen MR) is 127 cm³/mol. The number of non-ortho nitro benzene ring substituents is 1. The van der Waals surface area contributed by atoms with Crippen molar-refractivity contribution < 1.29 is 29.1 Å². The number of carbonyl (C=O) groups excluding carboxylic acids is 2. The van der Waals surface area contributed by atoms with Gasteiger partial charge in [0.25, 0.3) is 17.4 Å². The number of nitro benzene ring substituents is 1. The second kappa shape index (κ2) is 10.2. The maximum absolute atomic E-state index is 13.2. The first-order chi connectivity index (χ1) is 16.8. The molecule has 0 aliphatic carbocycles. The summed E-state index contributed by atoms with van der Waals surface area (Å²) in [5, 5.41) is 22.7. The molecule has 0 aromatic heterocycles. The van der Waals surface area contributed by atoms with Gasteiger partial charge < -0.3 is 19.5 Å². The average Bonchev–Trinajstić information content (AvgIpc) is 3.12. The van der Waals surface area contributed by atoms with Gasteiger partial charge in [0.05, 0.1) is 36.9 Å². The maximum Gasteiger partial charge on any atom is 0.295 e. The number of carbonyl (C=O) groups is 2. The zero-order valence-electron chi connectivity index (χ0n) is 19.6. The number of ether oxygens (including phenoxy) is 2. The first-order valence-corrected chi connectivity index (χ1v) is 11.3. The monoisotopic (exact) mass is 481 g/mol. The van der Waals surface area contributed by atoms with Crippen LogP contribution in [0.25, 0.3) is 5.76 Å². The summed E-state index contributed by atoms with van der Waals surface area (Å²) in [6, 6.07) is 9.84. The number of Topliss-reactive ketones (excluding diaryl/α,β-unsaturated/α-hetero) is 1. The molecule has 2 aliphatic heterocycles. The van der Waals surface area contributed by atoms with Crippen LogP contribution in [0.3, 0.4) is 0 Å². The van der Waals surface area contributed by atoms with Gasteiger partial charge in [0, 0.05) is 43.9 Å². The summed E-state index contributed by atoms with van der Waals surface area (Å²) in [6.45, 7) is 5.06. The number of aryl methyl sites for hydroxylation is 1. The van der Waals surface area contributed by atoms with Crippen LogP contribution < -0.4 is 4.74 Å². The summed E-state index contributed by atoms with van der Waals surface area (Å²) in [6.07, 6.45) is 0. The van der Waals surface area contributed by atoms with Crippen molar-refractivity contribution in [1.29, 1.82) is 0 Å². The van der Waals surface area contributed by atoms with E-state index in [9.17, 15) is 24.8 Å². The van der Waals surface area contributed by atoms with E-state index in [-0.39, 0.29) is 23.6 Å². The van der Waals surface area contributed by atoms with E-state index in [4.69, 9.17) is 9.47 Å². The lowest BCUT2D eigenvalue weighted by molar-refractivity contribution is -0.384. The summed E-state index contributed by atoms with van der Waals surface area (Å²) in [5.41, 5.74) is 1.16. The van der Waals surface area contributed by atoms with Crippen LogP contribution in [-0.4, -0.2) is 78.0 Å². The van der Waals surface area contributed by atoms with Crippen LogP contribution in [0.2, 0.25) is 0 Å². The number of amides is 1. The molecular weight excluding hydrogens is 454 g/mol. The molecule has 2 aromatic carbocycles. The smallest absolute Gasteiger partial charge is 0.295 e. The summed E-state index contributed by atoms with van der Waals surface area (Å²) >= 11 is 0. The Labute approximate surface area is 202 Å². The molecule has 4 rings (SSSR count). The molecule has 2 aliphatic rings. The van der Waals surface area contributed by atoms with E-state index in [0.29, 0.717) is 55.3 Å². The minimum Gasteiger partial charge on any atom is -0.507 e. The third-order valence-corrected chi connectivity index (χ3v) is 6.39. The van der Waals surface area contributed by atoms with Crippen molar-refractivity contribution in [2.75, 3.05) is 46.5 Å². The molecule has 0 unspecified atom stereocenters. The van der Waals surface area contributed by atoms with Crippen molar-refractivity contribution >= 4 is 23.1 Å².